The van der Waals surface area contributed by atoms with E-state index in [1.807, 2.05) is 49.2 Å². The quantitative estimate of drug-likeness (QED) is 0.435. The largest absolute Gasteiger partial charge is 0.385 e. The number of nitrogens with one attached hydrogen (secondary N) is 1. The molecule has 1 aliphatic heterocycles. The first kappa shape index (κ1) is 26.8. The molecule has 1 aliphatic carbocycles. The number of aliphatic hydroxyl groups is 1. The van der Waals surface area contributed by atoms with Crippen LogP contribution in [0.15, 0.2) is 42.5 Å². The number of carbonyl (C=O) groups excluding carboxylic acids is 1. The fourth-order valence-corrected chi connectivity index (χ4v) is 6.02. The summed E-state index contributed by atoms with van der Waals surface area (Å²) < 4.78 is 20.7. The average Bonchev–Trinajstić information content (AvgIpc) is 3.65. The van der Waals surface area contributed by atoms with Gasteiger partial charge in [0.05, 0.1) is 5.60 Å². The van der Waals surface area contributed by atoms with Gasteiger partial charge in [-0.15, -0.1) is 0 Å². The van der Waals surface area contributed by atoms with Crippen molar-refractivity contribution in [2.45, 2.75) is 51.0 Å². The minimum Gasteiger partial charge on any atom is -0.385 e. The molecule has 2 aliphatic rings. The summed E-state index contributed by atoms with van der Waals surface area (Å²) in [5, 5.41) is 15.7. The van der Waals surface area contributed by atoms with Crippen molar-refractivity contribution >= 4 is 5.91 Å². The average molecular weight is 497 g/mol. The lowest BCUT2D eigenvalue weighted by atomic mass is 9.72. The zero-order chi connectivity index (χ0) is 25.7. The number of piperidine rings is 1. The second kappa shape index (κ2) is 11.8. The standard InChI is InChI=1S/C30H41FN2O3/c1-21-9-6-10-22(17-21)28-26(12-7-13-27(28)31)30(35,14-4-5-16-36-3)24-11-8-15-33(20-24)29(34)25-18-23(25)19-32-2/h6-7,9-10,12-13,17,23-25,32,35H,4-5,8,11,14-16,18-20H2,1-3H3/t23-,24+,25+,30-/m0/s1. The second-order valence-corrected chi connectivity index (χ2v) is 10.7. The van der Waals surface area contributed by atoms with Gasteiger partial charge in [-0.1, -0.05) is 42.0 Å². The molecule has 4 atom stereocenters. The van der Waals surface area contributed by atoms with E-state index < -0.39 is 5.60 Å². The number of carbonyl (C=O) groups is 1. The maximum Gasteiger partial charge on any atom is 0.226 e. The lowest BCUT2D eigenvalue weighted by Gasteiger charge is -2.44. The number of unbranched alkanes of at least 4 members (excludes halogenated alkanes) is 1. The highest BCUT2D eigenvalue weighted by atomic mass is 19.1. The van der Waals surface area contributed by atoms with Crippen LogP contribution in [-0.4, -0.2) is 56.3 Å². The fourth-order valence-electron chi connectivity index (χ4n) is 6.02. The number of ether oxygens (including phenoxy) is 1. The summed E-state index contributed by atoms with van der Waals surface area (Å²) in [6, 6.07) is 12.8. The van der Waals surface area contributed by atoms with Crippen molar-refractivity contribution in [1.29, 1.82) is 0 Å². The Morgan fingerprint density at radius 1 is 1.25 bits per heavy atom. The van der Waals surface area contributed by atoms with Crippen LogP contribution in [0, 0.1) is 30.5 Å². The Bertz CT molecular complexity index is 1040. The Morgan fingerprint density at radius 2 is 2.06 bits per heavy atom. The first-order valence-electron chi connectivity index (χ1n) is 13.4. The van der Waals surface area contributed by atoms with Crippen LogP contribution in [0.25, 0.3) is 11.1 Å². The van der Waals surface area contributed by atoms with Gasteiger partial charge in [0.15, 0.2) is 0 Å². The highest BCUT2D eigenvalue weighted by Crippen LogP contribution is 2.46. The van der Waals surface area contributed by atoms with Gasteiger partial charge < -0.3 is 20.1 Å². The van der Waals surface area contributed by atoms with E-state index in [9.17, 15) is 9.90 Å². The molecule has 0 radical (unpaired) electrons. The molecule has 0 spiro atoms. The van der Waals surface area contributed by atoms with E-state index >= 15 is 4.39 Å². The number of benzene rings is 2. The van der Waals surface area contributed by atoms with Crippen molar-refractivity contribution in [3.8, 4) is 11.1 Å². The molecular formula is C30H41FN2O3. The van der Waals surface area contributed by atoms with Gasteiger partial charge in [0.25, 0.3) is 0 Å². The molecule has 1 amide bonds. The van der Waals surface area contributed by atoms with Gasteiger partial charge in [-0.3, -0.25) is 4.79 Å². The van der Waals surface area contributed by atoms with Gasteiger partial charge in [0.2, 0.25) is 5.91 Å². The topological polar surface area (TPSA) is 61.8 Å². The summed E-state index contributed by atoms with van der Waals surface area (Å²) in [7, 11) is 3.60. The molecule has 1 saturated heterocycles. The van der Waals surface area contributed by atoms with Crippen molar-refractivity contribution in [3.05, 3.63) is 59.4 Å². The maximum absolute atomic E-state index is 15.4. The van der Waals surface area contributed by atoms with Gasteiger partial charge in [0, 0.05) is 44.2 Å². The van der Waals surface area contributed by atoms with Crippen LogP contribution in [0.2, 0.25) is 0 Å². The molecule has 2 fully saturated rings. The number of aryl methyl sites for hydroxylation is 1. The molecule has 0 unspecified atom stereocenters. The zero-order valence-corrected chi connectivity index (χ0v) is 21.9. The van der Waals surface area contributed by atoms with Gasteiger partial charge in [-0.25, -0.2) is 4.39 Å². The highest BCUT2D eigenvalue weighted by molar-refractivity contribution is 5.82. The minimum absolute atomic E-state index is 0.0861. The van der Waals surface area contributed by atoms with Crippen molar-refractivity contribution in [1.82, 2.24) is 10.2 Å². The van der Waals surface area contributed by atoms with Crippen LogP contribution in [0.4, 0.5) is 4.39 Å². The Balaban J connectivity index is 1.67. The number of amides is 1. The monoisotopic (exact) mass is 496 g/mol. The number of nitrogens with zero attached hydrogens (tertiary/aromatic N) is 1. The van der Waals surface area contributed by atoms with Crippen LogP contribution in [0.1, 0.15) is 49.7 Å². The van der Waals surface area contributed by atoms with E-state index in [0.717, 1.165) is 56.3 Å². The van der Waals surface area contributed by atoms with E-state index in [0.29, 0.717) is 36.6 Å². The third-order valence-corrected chi connectivity index (χ3v) is 8.06. The third kappa shape index (κ3) is 5.82. The smallest absolute Gasteiger partial charge is 0.226 e. The van der Waals surface area contributed by atoms with E-state index in [2.05, 4.69) is 5.32 Å². The number of halogens is 1. The minimum atomic E-state index is -1.25. The van der Waals surface area contributed by atoms with Crippen molar-refractivity contribution < 1.29 is 19.0 Å². The Hall–Kier alpha value is -2.28. The molecule has 0 aromatic heterocycles. The van der Waals surface area contributed by atoms with E-state index in [1.165, 1.54) is 6.07 Å². The number of hydrogen-bond donors (Lipinski definition) is 2. The van der Waals surface area contributed by atoms with Crippen LogP contribution >= 0.6 is 0 Å². The SMILES string of the molecule is CNC[C@@H]1C[C@H]1C(=O)N1CCC[C@@H]([C@@](O)(CCCCOC)c2cccc(F)c2-c2cccc(C)c2)C1. The summed E-state index contributed by atoms with van der Waals surface area (Å²) in [6.07, 6.45) is 4.65. The van der Waals surface area contributed by atoms with Gasteiger partial charge in [0.1, 0.15) is 5.82 Å². The molecule has 36 heavy (non-hydrogen) atoms. The molecule has 2 N–H and O–H groups in total. The molecule has 2 aromatic rings. The van der Waals surface area contributed by atoms with Crippen molar-refractivity contribution in [2.24, 2.45) is 17.8 Å². The van der Waals surface area contributed by atoms with E-state index in [4.69, 9.17) is 4.74 Å². The van der Waals surface area contributed by atoms with Gasteiger partial charge >= 0.3 is 0 Å². The fraction of sp³-hybridized carbons (Fsp3) is 0.567. The third-order valence-electron chi connectivity index (χ3n) is 8.06. The molecular weight excluding hydrogens is 455 g/mol. The van der Waals surface area contributed by atoms with Gasteiger partial charge in [-0.2, -0.15) is 0 Å². The molecule has 4 rings (SSSR count). The number of hydrogen-bond acceptors (Lipinski definition) is 4. The summed E-state index contributed by atoms with van der Waals surface area (Å²) in [5.74, 6) is 0.212. The van der Waals surface area contributed by atoms with Crippen LogP contribution in [-0.2, 0) is 15.1 Å². The Labute approximate surface area is 215 Å². The maximum atomic E-state index is 15.4. The second-order valence-electron chi connectivity index (χ2n) is 10.7. The molecule has 2 aromatic carbocycles. The summed E-state index contributed by atoms with van der Waals surface area (Å²) >= 11 is 0. The Kier molecular flexibility index (Phi) is 8.81. The molecule has 196 valence electrons. The normalized spacial score (nSPS) is 23.4. The lowest BCUT2D eigenvalue weighted by molar-refractivity contribution is -0.138. The van der Waals surface area contributed by atoms with Crippen LogP contribution < -0.4 is 5.32 Å². The van der Waals surface area contributed by atoms with Gasteiger partial charge in [-0.05, 0) is 82.2 Å². The summed E-state index contributed by atoms with van der Waals surface area (Å²) in [6.45, 7) is 4.71. The van der Waals surface area contributed by atoms with E-state index in [1.54, 1.807) is 13.2 Å². The number of methoxy groups -OCH3 is 1. The molecule has 1 heterocycles. The predicted octanol–water partition coefficient (Wildman–Crippen LogP) is 4.90. The van der Waals surface area contributed by atoms with Crippen LogP contribution in [0.3, 0.4) is 0 Å². The molecule has 0 bridgehead atoms. The van der Waals surface area contributed by atoms with Crippen molar-refractivity contribution in [2.75, 3.05) is 40.4 Å². The summed E-state index contributed by atoms with van der Waals surface area (Å²) in [4.78, 5) is 15.2. The summed E-state index contributed by atoms with van der Waals surface area (Å²) in [5.41, 5.74) is 1.66. The first-order chi connectivity index (χ1) is 17.4. The Morgan fingerprint density at radius 3 is 2.81 bits per heavy atom. The molecule has 6 heteroatoms. The molecule has 5 nitrogen and oxygen atoms in total. The first-order valence-corrected chi connectivity index (χ1v) is 13.4. The zero-order valence-electron chi connectivity index (χ0n) is 21.9. The predicted molar refractivity (Wildman–Crippen MR) is 141 cm³/mol. The molecule has 1 saturated carbocycles. The van der Waals surface area contributed by atoms with Crippen LogP contribution in [0.5, 0.6) is 0 Å². The number of rotatable bonds is 11. The number of likely N-dealkylation sites (tertiary alicyclic amines) is 1. The van der Waals surface area contributed by atoms with E-state index in [-0.39, 0.29) is 23.6 Å². The van der Waals surface area contributed by atoms with Crippen molar-refractivity contribution in [3.63, 3.8) is 0 Å². The lowest BCUT2D eigenvalue weighted by Crippen LogP contribution is -2.49. The highest BCUT2D eigenvalue weighted by Gasteiger charge is 2.47.